The Morgan fingerprint density at radius 1 is 0.730 bits per heavy atom. The number of ether oxygens (including phenoxy) is 6. The number of hydrogen-bond donors (Lipinski definition) is 0. The highest BCUT2D eigenvalue weighted by atomic mass is 16.8. The van der Waals surface area contributed by atoms with Gasteiger partial charge in [0.05, 0.1) is 26.4 Å². The van der Waals surface area contributed by atoms with E-state index >= 15 is 0 Å². The van der Waals surface area contributed by atoms with Crippen molar-refractivity contribution in [1.82, 2.24) is 0 Å². The van der Waals surface area contributed by atoms with Crippen molar-refractivity contribution in [2.45, 2.75) is 56.6 Å². The van der Waals surface area contributed by atoms with Gasteiger partial charge in [0.1, 0.15) is 24.4 Å². The molecule has 0 N–H and O–H groups in total. The Hall–Kier alpha value is -3.02. The van der Waals surface area contributed by atoms with Crippen LogP contribution in [0.1, 0.15) is 29.4 Å². The van der Waals surface area contributed by atoms with E-state index in [4.69, 9.17) is 34.8 Å². The minimum atomic E-state index is -0.681. The van der Waals surface area contributed by atoms with E-state index in [0.717, 1.165) is 16.7 Å². The van der Waals surface area contributed by atoms with Crippen molar-refractivity contribution in [2.75, 3.05) is 13.2 Å². The lowest BCUT2D eigenvalue weighted by molar-refractivity contribution is -0.372. The molecule has 0 aliphatic carbocycles. The Morgan fingerprint density at radius 3 is 1.95 bits per heavy atom. The van der Waals surface area contributed by atoms with Gasteiger partial charge in [-0.25, -0.2) is 0 Å². The molecule has 1 unspecified atom stereocenters. The molecule has 2 heterocycles. The Kier molecular flexibility index (Phi) is 8.99. The zero-order valence-electron chi connectivity index (χ0n) is 20.7. The van der Waals surface area contributed by atoms with Crippen molar-refractivity contribution in [3.63, 3.8) is 0 Å². The van der Waals surface area contributed by atoms with Gasteiger partial charge >= 0.3 is 0 Å². The second-order valence-electron chi connectivity index (χ2n) is 9.07. The molecule has 0 spiro atoms. The van der Waals surface area contributed by atoms with Crippen molar-refractivity contribution in [1.29, 1.82) is 0 Å². The fourth-order valence-corrected chi connectivity index (χ4v) is 4.59. The highest BCUT2D eigenvalue weighted by Crippen LogP contribution is 2.37. The lowest BCUT2D eigenvalue weighted by Crippen LogP contribution is -2.63. The second-order valence-corrected chi connectivity index (χ2v) is 9.07. The van der Waals surface area contributed by atoms with Gasteiger partial charge in [-0.3, -0.25) is 0 Å². The summed E-state index contributed by atoms with van der Waals surface area (Å²) in [7, 11) is 0. The van der Waals surface area contributed by atoms with Crippen LogP contribution in [0.15, 0.2) is 91.0 Å². The molecular formula is C31H32O6. The normalized spacial score (nSPS) is 27.2. The maximum atomic E-state index is 6.55. The van der Waals surface area contributed by atoms with Crippen LogP contribution in [-0.2, 0) is 41.6 Å². The molecule has 6 nitrogen and oxygen atoms in total. The van der Waals surface area contributed by atoms with Crippen LogP contribution in [0, 0.1) is 12.3 Å². The van der Waals surface area contributed by atoms with Gasteiger partial charge in [0.2, 0.25) is 0 Å². The largest absolute Gasteiger partial charge is 0.368 e. The zero-order valence-corrected chi connectivity index (χ0v) is 20.7. The molecule has 0 saturated carbocycles. The molecule has 3 aromatic carbocycles. The summed E-state index contributed by atoms with van der Waals surface area (Å²) in [6.45, 7) is 1.47. The molecule has 0 bridgehead atoms. The standard InChI is InChI=1S/C31H32O6/c1-2-3-19-32-31-29(34-21-24-15-9-5-10-16-24)28(33-20-23-13-7-4-8-14-23)27-26(36-31)22-35-30(37-27)25-17-11-6-12-18-25/h1,4-18,26-31H,3,19-22H2/t26-,27-,28+,29-,30-,31?/m1/s1. The van der Waals surface area contributed by atoms with Gasteiger partial charge in [0.25, 0.3) is 0 Å². The minimum Gasteiger partial charge on any atom is -0.368 e. The number of hydrogen-bond acceptors (Lipinski definition) is 6. The number of terminal acetylenes is 1. The van der Waals surface area contributed by atoms with Crippen LogP contribution in [0.5, 0.6) is 0 Å². The van der Waals surface area contributed by atoms with Crippen LogP contribution in [-0.4, -0.2) is 43.9 Å². The van der Waals surface area contributed by atoms with E-state index < -0.39 is 30.9 Å². The first-order valence-electron chi connectivity index (χ1n) is 12.7. The number of rotatable bonds is 10. The maximum absolute atomic E-state index is 6.55. The molecule has 0 aromatic heterocycles. The average Bonchev–Trinajstić information content (AvgIpc) is 2.96. The molecule has 2 fully saturated rings. The van der Waals surface area contributed by atoms with Gasteiger partial charge < -0.3 is 28.4 Å². The summed E-state index contributed by atoms with van der Waals surface area (Å²) < 4.78 is 38.0. The summed E-state index contributed by atoms with van der Waals surface area (Å²) >= 11 is 0. The van der Waals surface area contributed by atoms with E-state index in [9.17, 15) is 0 Å². The van der Waals surface area contributed by atoms with E-state index in [1.165, 1.54) is 0 Å². The predicted octanol–water partition coefficient (Wildman–Crippen LogP) is 5.04. The monoisotopic (exact) mass is 500 g/mol. The highest BCUT2D eigenvalue weighted by molar-refractivity contribution is 5.17. The molecule has 2 saturated heterocycles. The van der Waals surface area contributed by atoms with Gasteiger partial charge in [-0.15, -0.1) is 12.3 Å². The zero-order chi connectivity index (χ0) is 25.3. The van der Waals surface area contributed by atoms with Crippen molar-refractivity contribution in [3.05, 3.63) is 108 Å². The number of benzene rings is 3. The van der Waals surface area contributed by atoms with Crippen molar-refractivity contribution in [2.24, 2.45) is 0 Å². The third-order valence-corrected chi connectivity index (χ3v) is 6.45. The fourth-order valence-electron chi connectivity index (χ4n) is 4.59. The quantitative estimate of drug-likeness (QED) is 0.287. The summed E-state index contributed by atoms with van der Waals surface area (Å²) in [4.78, 5) is 0. The number of fused-ring (bicyclic) bond motifs is 1. The Labute approximate surface area is 218 Å². The van der Waals surface area contributed by atoms with Crippen LogP contribution >= 0.6 is 0 Å². The SMILES string of the molecule is C#CCCOC1O[C@@H]2CO[C@@H](c3ccccc3)O[C@H]2[C@H](OCc2ccccc2)[C@H]1OCc1ccccc1. The van der Waals surface area contributed by atoms with Crippen LogP contribution in [0.2, 0.25) is 0 Å². The van der Waals surface area contributed by atoms with E-state index in [1.54, 1.807) is 0 Å². The minimum absolute atomic E-state index is 0.343. The van der Waals surface area contributed by atoms with Gasteiger partial charge in [-0.2, -0.15) is 0 Å². The van der Waals surface area contributed by atoms with E-state index in [2.05, 4.69) is 5.92 Å². The Bertz CT molecular complexity index is 1120. The molecule has 0 radical (unpaired) electrons. The topological polar surface area (TPSA) is 55.4 Å². The maximum Gasteiger partial charge on any atom is 0.186 e. The van der Waals surface area contributed by atoms with Gasteiger partial charge in [-0.05, 0) is 11.1 Å². The highest BCUT2D eigenvalue weighted by Gasteiger charge is 2.51. The molecule has 2 aliphatic rings. The van der Waals surface area contributed by atoms with Gasteiger partial charge in [-0.1, -0.05) is 91.0 Å². The molecule has 192 valence electrons. The summed E-state index contributed by atoms with van der Waals surface area (Å²) in [6.07, 6.45) is 2.92. The molecule has 3 aromatic rings. The molecule has 5 rings (SSSR count). The van der Waals surface area contributed by atoms with E-state index in [-0.39, 0.29) is 6.10 Å². The molecule has 37 heavy (non-hydrogen) atoms. The smallest absolute Gasteiger partial charge is 0.186 e. The predicted molar refractivity (Wildman–Crippen MR) is 138 cm³/mol. The molecular weight excluding hydrogens is 468 g/mol. The molecule has 2 aliphatic heterocycles. The van der Waals surface area contributed by atoms with E-state index in [1.807, 2.05) is 91.0 Å². The third kappa shape index (κ3) is 6.65. The van der Waals surface area contributed by atoms with Crippen LogP contribution in [0.3, 0.4) is 0 Å². The summed E-state index contributed by atoms with van der Waals surface area (Å²) in [5.41, 5.74) is 3.05. The molecule has 6 atom stereocenters. The molecule has 6 heteroatoms. The summed E-state index contributed by atoms with van der Waals surface area (Å²) in [5.74, 6) is 2.62. The van der Waals surface area contributed by atoms with Crippen molar-refractivity contribution >= 4 is 0 Å². The van der Waals surface area contributed by atoms with Crippen LogP contribution in [0.4, 0.5) is 0 Å². The Balaban J connectivity index is 1.40. The van der Waals surface area contributed by atoms with Crippen molar-refractivity contribution in [3.8, 4) is 12.3 Å². The Morgan fingerprint density at radius 2 is 1.32 bits per heavy atom. The average molecular weight is 501 g/mol. The fraction of sp³-hybridized carbons (Fsp3) is 0.355. The molecule has 0 amide bonds. The van der Waals surface area contributed by atoms with Gasteiger partial charge in [0.15, 0.2) is 12.6 Å². The summed E-state index contributed by atoms with van der Waals surface area (Å²) in [6, 6.07) is 29.9. The van der Waals surface area contributed by atoms with Crippen LogP contribution < -0.4 is 0 Å². The van der Waals surface area contributed by atoms with Crippen molar-refractivity contribution < 1.29 is 28.4 Å². The lowest BCUT2D eigenvalue weighted by atomic mass is 9.97. The van der Waals surface area contributed by atoms with E-state index in [0.29, 0.717) is 32.8 Å². The lowest BCUT2D eigenvalue weighted by Gasteiger charge is -2.49. The third-order valence-electron chi connectivity index (χ3n) is 6.45. The first kappa shape index (κ1) is 25.6. The second kappa shape index (κ2) is 13.0. The first-order chi connectivity index (χ1) is 18.3. The first-order valence-corrected chi connectivity index (χ1v) is 12.7. The van der Waals surface area contributed by atoms with Gasteiger partial charge in [0, 0.05) is 12.0 Å². The summed E-state index contributed by atoms with van der Waals surface area (Å²) in [5, 5.41) is 0. The van der Waals surface area contributed by atoms with Crippen LogP contribution in [0.25, 0.3) is 0 Å².